The van der Waals surface area contributed by atoms with Crippen LogP contribution in [0.25, 0.3) is 0 Å². The summed E-state index contributed by atoms with van der Waals surface area (Å²) in [5, 5.41) is 2.87. The van der Waals surface area contributed by atoms with E-state index in [1.807, 2.05) is 39.0 Å². The van der Waals surface area contributed by atoms with Crippen molar-refractivity contribution in [3.05, 3.63) is 47.5 Å². The number of aryl methyl sites for hydroxylation is 2. The van der Waals surface area contributed by atoms with Crippen LogP contribution in [0, 0.1) is 13.8 Å². The standard InChI is InChI=1S/C20H25NO4/c1-6-17(25-19-11-13(2)7-8-14(19)3)20(22)21-16-12-15(23-4)9-10-18(16)24-5/h7-12,17H,6H2,1-5H3,(H,21,22)/t17-/m0/s1. The second-order valence-corrected chi connectivity index (χ2v) is 5.84. The highest BCUT2D eigenvalue weighted by atomic mass is 16.5. The van der Waals surface area contributed by atoms with E-state index in [0.717, 1.165) is 16.9 Å². The van der Waals surface area contributed by atoms with Crippen molar-refractivity contribution in [2.45, 2.75) is 33.3 Å². The molecule has 0 aliphatic heterocycles. The molecule has 0 aliphatic carbocycles. The Balaban J connectivity index is 2.19. The smallest absolute Gasteiger partial charge is 0.265 e. The lowest BCUT2D eigenvalue weighted by atomic mass is 10.1. The molecular formula is C20H25NO4. The van der Waals surface area contributed by atoms with Gasteiger partial charge in [-0.25, -0.2) is 0 Å². The van der Waals surface area contributed by atoms with Crippen molar-refractivity contribution in [2.75, 3.05) is 19.5 Å². The topological polar surface area (TPSA) is 56.8 Å². The zero-order chi connectivity index (χ0) is 18.4. The summed E-state index contributed by atoms with van der Waals surface area (Å²) in [6.07, 6.45) is -0.0534. The van der Waals surface area contributed by atoms with Crippen LogP contribution >= 0.6 is 0 Å². The van der Waals surface area contributed by atoms with Crippen LogP contribution < -0.4 is 19.5 Å². The number of hydrogen-bond donors (Lipinski definition) is 1. The molecule has 0 aromatic heterocycles. The van der Waals surface area contributed by atoms with Gasteiger partial charge in [0.15, 0.2) is 6.10 Å². The molecule has 2 aromatic carbocycles. The Morgan fingerprint density at radius 3 is 2.44 bits per heavy atom. The Kier molecular flexibility index (Phi) is 6.28. The Labute approximate surface area is 148 Å². The minimum absolute atomic E-state index is 0.227. The van der Waals surface area contributed by atoms with Gasteiger partial charge in [-0.05, 0) is 49.6 Å². The molecule has 25 heavy (non-hydrogen) atoms. The van der Waals surface area contributed by atoms with Crippen molar-refractivity contribution in [1.82, 2.24) is 0 Å². The first kappa shape index (κ1) is 18.6. The van der Waals surface area contributed by atoms with E-state index in [1.54, 1.807) is 32.4 Å². The highest BCUT2D eigenvalue weighted by molar-refractivity contribution is 5.95. The van der Waals surface area contributed by atoms with Gasteiger partial charge < -0.3 is 19.5 Å². The van der Waals surface area contributed by atoms with Crippen LogP contribution in [0.4, 0.5) is 5.69 Å². The molecule has 2 aromatic rings. The summed E-state index contributed by atoms with van der Waals surface area (Å²) >= 11 is 0. The highest BCUT2D eigenvalue weighted by Gasteiger charge is 2.21. The average Bonchev–Trinajstić information content (AvgIpc) is 2.62. The van der Waals surface area contributed by atoms with Crippen molar-refractivity contribution in [1.29, 1.82) is 0 Å². The summed E-state index contributed by atoms with van der Waals surface area (Å²) in [6.45, 7) is 5.87. The first-order valence-corrected chi connectivity index (χ1v) is 8.25. The number of hydrogen-bond acceptors (Lipinski definition) is 4. The third-order valence-electron chi connectivity index (χ3n) is 3.94. The maximum Gasteiger partial charge on any atom is 0.265 e. The van der Waals surface area contributed by atoms with Gasteiger partial charge >= 0.3 is 0 Å². The van der Waals surface area contributed by atoms with Crippen molar-refractivity contribution in [3.63, 3.8) is 0 Å². The molecule has 5 nitrogen and oxygen atoms in total. The number of rotatable bonds is 7. The lowest BCUT2D eigenvalue weighted by Gasteiger charge is -2.20. The van der Waals surface area contributed by atoms with E-state index < -0.39 is 6.10 Å². The molecule has 0 aliphatic rings. The molecule has 0 bridgehead atoms. The van der Waals surface area contributed by atoms with Crippen LogP contribution in [0.5, 0.6) is 17.2 Å². The van der Waals surface area contributed by atoms with Crippen LogP contribution in [-0.2, 0) is 4.79 Å². The zero-order valence-corrected chi connectivity index (χ0v) is 15.4. The van der Waals surface area contributed by atoms with E-state index in [4.69, 9.17) is 14.2 Å². The first-order valence-electron chi connectivity index (χ1n) is 8.25. The van der Waals surface area contributed by atoms with E-state index in [1.165, 1.54) is 0 Å². The van der Waals surface area contributed by atoms with Gasteiger partial charge in [0.05, 0.1) is 19.9 Å². The van der Waals surface area contributed by atoms with Gasteiger partial charge in [0.25, 0.3) is 5.91 Å². The van der Waals surface area contributed by atoms with Gasteiger partial charge in [0.2, 0.25) is 0 Å². The summed E-state index contributed by atoms with van der Waals surface area (Å²) < 4.78 is 16.5. The number of carbonyl (C=O) groups is 1. The third kappa shape index (κ3) is 4.66. The quantitative estimate of drug-likeness (QED) is 0.822. The predicted octanol–water partition coefficient (Wildman–Crippen LogP) is 4.12. The average molecular weight is 343 g/mol. The predicted molar refractivity (Wildman–Crippen MR) is 98.8 cm³/mol. The summed E-state index contributed by atoms with van der Waals surface area (Å²) in [5.41, 5.74) is 2.64. The van der Waals surface area contributed by atoms with E-state index in [9.17, 15) is 4.79 Å². The van der Waals surface area contributed by atoms with E-state index in [0.29, 0.717) is 23.6 Å². The van der Waals surface area contributed by atoms with Gasteiger partial charge in [-0.15, -0.1) is 0 Å². The Morgan fingerprint density at radius 2 is 1.80 bits per heavy atom. The molecule has 1 atom stereocenters. The zero-order valence-electron chi connectivity index (χ0n) is 15.4. The highest BCUT2D eigenvalue weighted by Crippen LogP contribution is 2.29. The number of ether oxygens (including phenoxy) is 3. The van der Waals surface area contributed by atoms with E-state index in [-0.39, 0.29) is 5.91 Å². The van der Waals surface area contributed by atoms with Gasteiger partial charge in [-0.3, -0.25) is 4.79 Å². The molecule has 0 heterocycles. The van der Waals surface area contributed by atoms with Gasteiger partial charge in [0.1, 0.15) is 17.2 Å². The molecule has 0 saturated carbocycles. The minimum atomic E-state index is -0.601. The second-order valence-electron chi connectivity index (χ2n) is 5.84. The SMILES string of the molecule is CC[C@H](Oc1cc(C)ccc1C)C(=O)Nc1cc(OC)ccc1OC. The largest absolute Gasteiger partial charge is 0.497 e. The maximum atomic E-state index is 12.7. The molecule has 0 unspecified atom stereocenters. The molecule has 2 rings (SSSR count). The fourth-order valence-corrected chi connectivity index (χ4v) is 2.43. The summed E-state index contributed by atoms with van der Waals surface area (Å²) in [4.78, 5) is 12.7. The molecule has 1 N–H and O–H groups in total. The fraction of sp³-hybridized carbons (Fsp3) is 0.350. The van der Waals surface area contributed by atoms with Crippen molar-refractivity contribution >= 4 is 11.6 Å². The first-order chi connectivity index (χ1) is 12.0. The summed E-state index contributed by atoms with van der Waals surface area (Å²) in [5.74, 6) is 1.70. The van der Waals surface area contributed by atoms with Crippen LogP contribution in [0.3, 0.4) is 0 Å². The maximum absolute atomic E-state index is 12.7. The monoisotopic (exact) mass is 343 g/mol. The van der Waals surface area contributed by atoms with Gasteiger partial charge in [-0.1, -0.05) is 19.1 Å². The second kappa shape index (κ2) is 8.42. The Morgan fingerprint density at radius 1 is 1.04 bits per heavy atom. The summed E-state index contributed by atoms with van der Waals surface area (Å²) in [6, 6.07) is 11.2. The Hall–Kier alpha value is -2.69. The number of benzene rings is 2. The number of anilines is 1. The van der Waals surface area contributed by atoms with E-state index in [2.05, 4.69) is 5.32 Å². The van der Waals surface area contributed by atoms with Crippen molar-refractivity contribution in [3.8, 4) is 17.2 Å². The molecule has 0 fully saturated rings. The van der Waals surface area contributed by atoms with Crippen molar-refractivity contribution < 1.29 is 19.0 Å². The molecular weight excluding hydrogens is 318 g/mol. The van der Waals surface area contributed by atoms with Gasteiger partial charge in [-0.2, -0.15) is 0 Å². The molecule has 134 valence electrons. The fourth-order valence-electron chi connectivity index (χ4n) is 2.43. The lowest BCUT2D eigenvalue weighted by molar-refractivity contribution is -0.122. The number of amides is 1. The number of carbonyl (C=O) groups excluding carboxylic acids is 1. The van der Waals surface area contributed by atoms with Gasteiger partial charge in [0, 0.05) is 6.07 Å². The number of methoxy groups -OCH3 is 2. The normalized spacial score (nSPS) is 11.6. The molecule has 0 saturated heterocycles. The summed E-state index contributed by atoms with van der Waals surface area (Å²) in [7, 11) is 3.13. The van der Waals surface area contributed by atoms with Crippen LogP contribution in [0.2, 0.25) is 0 Å². The molecule has 5 heteroatoms. The minimum Gasteiger partial charge on any atom is -0.497 e. The lowest BCUT2D eigenvalue weighted by Crippen LogP contribution is -2.32. The van der Waals surface area contributed by atoms with E-state index >= 15 is 0 Å². The Bertz CT molecular complexity index is 742. The number of nitrogens with one attached hydrogen (secondary N) is 1. The molecule has 0 radical (unpaired) electrons. The van der Waals surface area contributed by atoms with Crippen LogP contribution in [0.15, 0.2) is 36.4 Å². The van der Waals surface area contributed by atoms with Crippen molar-refractivity contribution in [2.24, 2.45) is 0 Å². The third-order valence-corrected chi connectivity index (χ3v) is 3.94. The van der Waals surface area contributed by atoms with Crippen LogP contribution in [0.1, 0.15) is 24.5 Å². The molecule has 0 spiro atoms. The van der Waals surface area contributed by atoms with Crippen LogP contribution in [-0.4, -0.2) is 26.2 Å². The molecule has 1 amide bonds.